The minimum atomic E-state index is -5.10. The highest BCUT2D eigenvalue weighted by Crippen LogP contribution is 2.41. The van der Waals surface area contributed by atoms with Crippen LogP contribution in [0.2, 0.25) is 0 Å². The standard InChI is InChI=1S/C24H20F4N4O4S/c1-23(2)21(34)31(10-13-5-4-12(9-29)18(19(13)25)24(26,27)28)22(37)32(23)14-6-7-15-16(8-14)35-11-17(36-15)20(33)30-3/h4-8,17H,10-11H2,1-3H3,(H,30,33). The lowest BCUT2D eigenvalue weighted by atomic mass is 10.0. The van der Waals surface area contributed by atoms with Gasteiger partial charge in [-0.05, 0) is 44.3 Å². The van der Waals surface area contributed by atoms with Gasteiger partial charge in [-0.1, -0.05) is 6.07 Å². The van der Waals surface area contributed by atoms with Gasteiger partial charge in [-0.15, -0.1) is 0 Å². The van der Waals surface area contributed by atoms with Crippen LogP contribution in [0.3, 0.4) is 0 Å². The molecule has 8 nitrogen and oxygen atoms in total. The average molecular weight is 537 g/mol. The number of halogens is 4. The number of carbonyl (C=O) groups excluding carboxylic acids is 2. The van der Waals surface area contributed by atoms with Gasteiger partial charge in [0.25, 0.3) is 11.8 Å². The lowest BCUT2D eigenvalue weighted by Gasteiger charge is -2.31. The average Bonchev–Trinajstić information content (AvgIpc) is 3.01. The Morgan fingerprint density at radius 1 is 1.27 bits per heavy atom. The summed E-state index contributed by atoms with van der Waals surface area (Å²) < 4.78 is 66.5. The summed E-state index contributed by atoms with van der Waals surface area (Å²) in [5.41, 5.74) is -3.85. The highest BCUT2D eigenvalue weighted by Gasteiger charge is 2.50. The Bertz CT molecular complexity index is 1360. The van der Waals surface area contributed by atoms with E-state index in [-0.39, 0.29) is 17.6 Å². The Morgan fingerprint density at radius 2 is 1.97 bits per heavy atom. The number of ether oxygens (including phenoxy) is 2. The SMILES string of the molecule is CNC(=O)C1COc2cc(N3C(=S)N(Cc4ccc(C#N)c(C(F)(F)F)c4F)C(=O)C3(C)C)ccc2O1. The second-order valence-corrected chi connectivity index (χ2v) is 9.17. The van der Waals surface area contributed by atoms with Gasteiger partial charge < -0.3 is 19.7 Å². The van der Waals surface area contributed by atoms with E-state index in [0.29, 0.717) is 17.2 Å². The van der Waals surface area contributed by atoms with Crippen molar-refractivity contribution in [2.24, 2.45) is 0 Å². The molecule has 1 N–H and O–H groups in total. The zero-order chi connectivity index (χ0) is 27.3. The van der Waals surface area contributed by atoms with Crippen LogP contribution in [-0.4, -0.2) is 47.1 Å². The van der Waals surface area contributed by atoms with Gasteiger partial charge >= 0.3 is 6.18 Å². The molecular formula is C24H20F4N4O4S. The van der Waals surface area contributed by atoms with Crippen molar-refractivity contribution in [2.75, 3.05) is 18.6 Å². The van der Waals surface area contributed by atoms with Gasteiger partial charge in [0, 0.05) is 24.4 Å². The molecular weight excluding hydrogens is 516 g/mol. The molecule has 194 valence electrons. The van der Waals surface area contributed by atoms with Crippen LogP contribution in [0.25, 0.3) is 0 Å². The number of alkyl halides is 3. The van der Waals surface area contributed by atoms with E-state index in [1.807, 2.05) is 0 Å². The summed E-state index contributed by atoms with van der Waals surface area (Å²) in [6.45, 7) is 2.51. The number of amides is 2. The summed E-state index contributed by atoms with van der Waals surface area (Å²) >= 11 is 5.50. The number of nitrogens with zero attached hydrogens (tertiary/aromatic N) is 3. The van der Waals surface area contributed by atoms with E-state index in [1.54, 1.807) is 32.0 Å². The number of anilines is 1. The van der Waals surface area contributed by atoms with E-state index in [0.717, 1.165) is 17.0 Å². The molecule has 13 heteroatoms. The number of rotatable bonds is 4. The van der Waals surface area contributed by atoms with Crippen molar-refractivity contribution in [3.63, 3.8) is 0 Å². The fourth-order valence-corrected chi connectivity index (χ4v) is 4.70. The molecule has 0 aliphatic carbocycles. The van der Waals surface area contributed by atoms with E-state index < -0.39 is 52.8 Å². The Balaban J connectivity index is 1.66. The molecule has 2 heterocycles. The third-order valence-electron chi connectivity index (χ3n) is 6.09. The van der Waals surface area contributed by atoms with Gasteiger partial charge in [0.15, 0.2) is 16.6 Å². The second kappa shape index (κ2) is 9.19. The van der Waals surface area contributed by atoms with Crippen molar-refractivity contribution >= 4 is 34.8 Å². The lowest BCUT2D eigenvalue weighted by Crippen LogP contribution is -2.44. The van der Waals surface area contributed by atoms with Crippen molar-refractivity contribution in [1.29, 1.82) is 5.26 Å². The molecule has 0 spiro atoms. The first-order valence-electron chi connectivity index (χ1n) is 10.9. The Hall–Kier alpha value is -3.92. The number of benzene rings is 2. The van der Waals surface area contributed by atoms with E-state index in [1.165, 1.54) is 18.0 Å². The minimum absolute atomic E-state index is 0.0471. The number of fused-ring (bicyclic) bond motifs is 1. The van der Waals surface area contributed by atoms with E-state index in [2.05, 4.69) is 5.32 Å². The number of carbonyl (C=O) groups is 2. The number of hydrogen-bond acceptors (Lipinski definition) is 6. The monoisotopic (exact) mass is 536 g/mol. The number of thiocarbonyl (C=S) groups is 1. The van der Waals surface area contributed by atoms with E-state index >= 15 is 0 Å². The highest BCUT2D eigenvalue weighted by molar-refractivity contribution is 7.80. The van der Waals surface area contributed by atoms with Crippen LogP contribution in [0, 0.1) is 17.1 Å². The smallest absolute Gasteiger partial charge is 0.420 e. The quantitative estimate of drug-likeness (QED) is 0.472. The molecule has 2 aliphatic rings. The summed E-state index contributed by atoms with van der Waals surface area (Å²) in [4.78, 5) is 27.6. The third-order valence-corrected chi connectivity index (χ3v) is 6.49. The van der Waals surface area contributed by atoms with E-state index in [4.69, 9.17) is 27.0 Å². The maximum absolute atomic E-state index is 14.9. The fourth-order valence-electron chi connectivity index (χ4n) is 4.22. The molecule has 1 atom stereocenters. The molecule has 0 saturated carbocycles. The van der Waals surface area contributed by atoms with Crippen molar-refractivity contribution in [1.82, 2.24) is 10.2 Å². The third kappa shape index (κ3) is 4.42. The first-order valence-corrected chi connectivity index (χ1v) is 11.3. The largest absolute Gasteiger partial charge is 0.485 e. The molecule has 0 radical (unpaired) electrons. The van der Waals surface area contributed by atoms with Crippen molar-refractivity contribution < 1.29 is 36.6 Å². The molecule has 1 fully saturated rings. The van der Waals surface area contributed by atoms with Crippen molar-refractivity contribution in [2.45, 2.75) is 38.2 Å². The molecule has 2 aromatic rings. The van der Waals surface area contributed by atoms with E-state index in [9.17, 15) is 27.2 Å². The number of nitrogens with one attached hydrogen (secondary N) is 1. The number of hydrogen-bond donors (Lipinski definition) is 1. The van der Waals surface area contributed by atoms with Crippen LogP contribution in [0.15, 0.2) is 30.3 Å². The molecule has 4 rings (SSSR count). The zero-order valence-corrected chi connectivity index (χ0v) is 20.6. The highest BCUT2D eigenvalue weighted by atomic mass is 32.1. The number of likely N-dealkylation sites (N-methyl/N-ethyl adjacent to an activating group) is 1. The van der Waals surface area contributed by atoms with Crippen LogP contribution in [0.1, 0.15) is 30.5 Å². The van der Waals surface area contributed by atoms with Crippen LogP contribution in [0.4, 0.5) is 23.2 Å². The molecule has 2 aliphatic heterocycles. The lowest BCUT2D eigenvalue weighted by molar-refractivity contribution is -0.140. The predicted octanol–water partition coefficient (Wildman–Crippen LogP) is 3.51. The summed E-state index contributed by atoms with van der Waals surface area (Å²) in [7, 11) is 1.47. The Labute approximate surface area is 214 Å². The van der Waals surface area contributed by atoms with Gasteiger partial charge in [0.2, 0.25) is 6.10 Å². The van der Waals surface area contributed by atoms with Crippen LogP contribution < -0.4 is 19.7 Å². The first kappa shape index (κ1) is 26.2. The topological polar surface area (TPSA) is 94.9 Å². The first-order chi connectivity index (χ1) is 17.3. The van der Waals surface area contributed by atoms with Gasteiger partial charge in [0.1, 0.15) is 23.5 Å². The molecule has 1 unspecified atom stereocenters. The second-order valence-electron chi connectivity index (χ2n) is 8.80. The van der Waals surface area contributed by atoms with Gasteiger partial charge in [-0.25, -0.2) is 4.39 Å². The van der Waals surface area contributed by atoms with Crippen molar-refractivity contribution in [3.8, 4) is 17.6 Å². The fraction of sp³-hybridized carbons (Fsp3) is 0.333. The molecule has 2 amide bonds. The summed E-state index contributed by atoms with van der Waals surface area (Å²) in [6, 6.07) is 7.92. The molecule has 37 heavy (non-hydrogen) atoms. The Kier molecular flexibility index (Phi) is 6.49. The Morgan fingerprint density at radius 3 is 2.59 bits per heavy atom. The van der Waals surface area contributed by atoms with Crippen LogP contribution in [-0.2, 0) is 22.3 Å². The minimum Gasteiger partial charge on any atom is -0.485 e. The molecule has 0 aromatic heterocycles. The van der Waals surface area contributed by atoms with Crippen molar-refractivity contribution in [3.05, 3.63) is 52.8 Å². The molecule has 2 aromatic carbocycles. The van der Waals surface area contributed by atoms with Gasteiger partial charge in [0.05, 0.1) is 18.2 Å². The van der Waals surface area contributed by atoms with Crippen LogP contribution >= 0.6 is 12.2 Å². The summed E-state index contributed by atoms with van der Waals surface area (Å²) in [6.07, 6.45) is -5.94. The van der Waals surface area contributed by atoms with Crippen LogP contribution in [0.5, 0.6) is 11.5 Å². The maximum Gasteiger partial charge on any atom is 0.420 e. The molecule has 0 bridgehead atoms. The van der Waals surface area contributed by atoms with Gasteiger partial charge in [-0.3, -0.25) is 14.5 Å². The predicted molar refractivity (Wildman–Crippen MR) is 126 cm³/mol. The zero-order valence-electron chi connectivity index (χ0n) is 19.8. The molecule has 1 saturated heterocycles. The summed E-state index contributed by atoms with van der Waals surface area (Å²) in [5, 5.41) is 11.4. The summed E-state index contributed by atoms with van der Waals surface area (Å²) in [5.74, 6) is -1.96. The number of nitriles is 1. The normalized spacial score (nSPS) is 18.6. The maximum atomic E-state index is 14.9. The van der Waals surface area contributed by atoms with Gasteiger partial charge in [-0.2, -0.15) is 18.4 Å².